The smallest absolute Gasteiger partial charge is 0.122 e. The Morgan fingerprint density at radius 3 is 3.06 bits per heavy atom. The Hall–Kier alpha value is -0.580. The van der Waals surface area contributed by atoms with E-state index in [1.54, 1.807) is 0 Å². The number of alkyl halides is 1. The first-order valence-electron chi connectivity index (χ1n) is 6.48. The van der Waals surface area contributed by atoms with E-state index >= 15 is 0 Å². The van der Waals surface area contributed by atoms with Gasteiger partial charge in [0.2, 0.25) is 0 Å². The lowest BCUT2D eigenvalue weighted by atomic mass is 10.00. The molecule has 0 amide bonds. The van der Waals surface area contributed by atoms with Gasteiger partial charge in [-0.3, -0.25) is 4.90 Å². The van der Waals surface area contributed by atoms with Crippen LogP contribution in [0.3, 0.4) is 0 Å². The van der Waals surface area contributed by atoms with Crippen LogP contribution >= 0.6 is 15.9 Å². The lowest BCUT2D eigenvalue weighted by Gasteiger charge is -2.35. The highest BCUT2D eigenvalue weighted by molar-refractivity contribution is 9.09. The van der Waals surface area contributed by atoms with Gasteiger partial charge in [0.15, 0.2) is 0 Å². The SMILES string of the molecule is BrCC1COCCN1CC1COc2ccccc21. The first-order valence-corrected chi connectivity index (χ1v) is 7.60. The van der Waals surface area contributed by atoms with Gasteiger partial charge in [0.1, 0.15) is 5.75 Å². The summed E-state index contributed by atoms with van der Waals surface area (Å²) >= 11 is 3.58. The molecule has 0 aromatic heterocycles. The van der Waals surface area contributed by atoms with Crippen molar-refractivity contribution in [1.29, 1.82) is 0 Å². The maximum atomic E-state index is 5.75. The Morgan fingerprint density at radius 1 is 1.28 bits per heavy atom. The second-order valence-corrected chi connectivity index (χ2v) is 5.57. The molecule has 98 valence electrons. The Labute approximate surface area is 116 Å². The zero-order valence-electron chi connectivity index (χ0n) is 10.3. The van der Waals surface area contributed by atoms with Gasteiger partial charge in [-0.25, -0.2) is 0 Å². The van der Waals surface area contributed by atoms with Gasteiger partial charge in [-0.15, -0.1) is 0 Å². The number of ether oxygens (including phenoxy) is 2. The van der Waals surface area contributed by atoms with Crippen LogP contribution in [0.2, 0.25) is 0 Å². The van der Waals surface area contributed by atoms with Crippen LogP contribution in [-0.2, 0) is 4.74 Å². The first-order chi connectivity index (χ1) is 8.88. The molecule has 2 aliphatic rings. The summed E-state index contributed by atoms with van der Waals surface area (Å²) in [7, 11) is 0. The Bertz CT molecular complexity index is 413. The highest BCUT2D eigenvalue weighted by Crippen LogP contribution is 2.34. The lowest BCUT2D eigenvalue weighted by Crippen LogP contribution is -2.48. The molecule has 0 aliphatic carbocycles. The second kappa shape index (κ2) is 5.59. The summed E-state index contributed by atoms with van der Waals surface area (Å²) in [6, 6.07) is 8.89. The van der Waals surface area contributed by atoms with E-state index in [2.05, 4.69) is 39.0 Å². The summed E-state index contributed by atoms with van der Waals surface area (Å²) in [5.41, 5.74) is 1.36. The van der Waals surface area contributed by atoms with Crippen molar-refractivity contribution in [2.24, 2.45) is 0 Å². The van der Waals surface area contributed by atoms with E-state index in [9.17, 15) is 0 Å². The minimum Gasteiger partial charge on any atom is -0.493 e. The standard InChI is InChI=1S/C14H18BrNO2/c15-7-12-10-17-6-5-16(12)8-11-9-18-14-4-2-1-3-13(11)14/h1-4,11-12H,5-10H2. The number of halogens is 1. The third kappa shape index (κ3) is 2.42. The predicted molar refractivity (Wildman–Crippen MR) is 74.7 cm³/mol. The molecule has 1 aromatic rings. The quantitative estimate of drug-likeness (QED) is 0.799. The van der Waals surface area contributed by atoms with Crippen molar-refractivity contribution >= 4 is 15.9 Å². The number of hydrogen-bond acceptors (Lipinski definition) is 3. The van der Waals surface area contributed by atoms with Crippen LogP contribution in [0.25, 0.3) is 0 Å². The van der Waals surface area contributed by atoms with E-state index in [0.29, 0.717) is 12.0 Å². The highest BCUT2D eigenvalue weighted by atomic mass is 79.9. The largest absolute Gasteiger partial charge is 0.493 e. The molecule has 4 heteroatoms. The summed E-state index contributed by atoms with van der Waals surface area (Å²) in [5, 5.41) is 0.974. The van der Waals surface area contributed by atoms with Crippen LogP contribution in [0.5, 0.6) is 5.75 Å². The lowest BCUT2D eigenvalue weighted by molar-refractivity contribution is -0.00153. The molecule has 2 atom stereocenters. The molecule has 2 aliphatic heterocycles. The van der Waals surface area contributed by atoms with Crippen LogP contribution in [-0.4, -0.2) is 49.2 Å². The maximum Gasteiger partial charge on any atom is 0.122 e. The minimum atomic E-state index is 0.492. The molecule has 1 aromatic carbocycles. The van der Waals surface area contributed by atoms with Crippen LogP contribution in [0.4, 0.5) is 0 Å². The summed E-state index contributed by atoms with van der Waals surface area (Å²) in [4.78, 5) is 2.52. The molecule has 0 saturated carbocycles. The average Bonchev–Trinajstić information content (AvgIpc) is 2.83. The molecule has 0 spiro atoms. The molecule has 0 radical (unpaired) electrons. The van der Waals surface area contributed by atoms with Crippen molar-refractivity contribution in [2.75, 3.05) is 38.2 Å². The third-order valence-corrected chi connectivity index (χ3v) is 4.53. The zero-order valence-corrected chi connectivity index (χ0v) is 11.9. The number of hydrogen-bond donors (Lipinski definition) is 0. The Morgan fingerprint density at radius 2 is 2.17 bits per heavy atom. The average molecular weight is 312 g/mol. The van der Waals surface area contributed by atoms with Crippen molar-refractivity contribution < 1.29 is 9.47 Å². The van der Waals surface area contributed by atoms with Gasteiger partial charge in [-0.1, -0.05) is 34.1 Å². The fourth-order valence-electron chi connectivity index (χ4n) is 2.74. The van der Waals surface area contributed by atoms with Crippen molar-refractivity contribution in [3.05, 3.63) is 29.8 Å². The fraction of sp³-hybridized carbons (Fsp3) is 0.571. The summed E-state index contributed by atoms with van der Waals surface area (Å²) in [5.74, 6) is 1.56. The Balaban J connectivity index is 1.70. The van der Waals surface area contributed by atoms with E-state index in [0.717, 1.165) is 44.0 Å². The van der Waals surface area contributed by atoms with E-state index in [4.69, 9.17) is 9.47 Å². The fourth-order valence-corrected chi connectivity index (χ4v) is 3.33. The second-order valence-electron chi connectivity index (χ2n) is 4.92. The normalized spacial score (nSPS) is 27.8. The molecule has 2 heterocycles. The number of benzene rings is 1. The minimum absolute atomic E-state index is 0.492. The van der Waals surface area contributed by atoms with E-state index in [1.807, 2.05) is 6.07 Å². The van der Waals surface area contributed by atoms with Crippen molar-refractivity contribution in [1.82, 2.24) is 4.90 Å². The van der Waals surface area contributed by atoms with Gasteiger partial charge in [-0.05, 0) is 6.07 Å². The van der Waals surface area contributed by atoms with Gasteiger partial charge >= 0.3 is 0 Å². The molecular formula is C14H18BrNO2. The molecule has 0 bridgehead atoms. The Kier molecular flexibility index (Phi) is 3.87. The van der Waals surface area contributed by atoms with Crippen molar-refractivity contribution in [2.45, 2.75) is 12.0 Å². The molecule has 3 nitrogen and oxygen atoms in total. The van der Waals surface area contributed by atoms with Gasteiger partial charge in [0, 0.05) is 35.9 Å². The van der Waals surface area contributed by atoms with Crippen LogP contribution in [0, 0.1) is 0 Å². The van der Waals surface area contributed by atoms with Gasteiger partial charge in [0.05, 0.1) is 19.8 Å². The highest BCUT2D eigenvalue weighted by Gasteiger charge is 2.29. The topological polar surface area (TPSA) is 21.7 Å². The maximum absolute atomic E-state index is 5.75. The van der Waals surface area contributed by atoms with E-state index < -0.39 is 0 Å². The van der Waals surface area contributed by atoms with Crippen LogP contribution in [0.15, 0.2) is 24.3 Å². The molecule has 1 fully saturated rings. The molecular weight excluding hydrogens is 294 g/mol. The third-order valence-electron chi connectivity index (χ3n) is 3.78. The molecule has 1 saturated heterocycles. The summed E-state index contributed by atoms with van der Waals surface area (Å²) < 4.78 is 11.3. The number of rotatable bonds is 3. The van der Waals surface area contributed by atoms with E-state index in [1.165, 1.54) is 5.56 Å². The van der Waals surface area contributed by atoms with Gasteiger partial charge in [0.25, 0.3) is 0 Å². The van der Waals surface area contributed by atoms with Crippen molar-refractivity contribution in [3.63, 3.8) is 0 Å². The summed E-state index contributed by atoms with van der Waals surface area (Å²) in [6.07, 6.45) is 0. The summed E-state index contributed by atoms with van der Waals surface area (Å²) in [6.45, 7) is 4.58. The number of fused-ring (bicyclic) bond motifs is 1. The predicted octanol–water partition coefficient (Wildman–Crippen LogP) is 2.26. The molecule has 2 unspecified atom stereocenters. The monoisotopic (exact) mass is 311 g/mol. The molecule has 3 rings (SSSR count). The number of morpholine rings is 1. The van der Waals surface area contributed by atoms with E-state index in [-0.39, 0.29) is 0 Å². The first kappa shape index (κ1) is 12.5. The number of nitrogens with zero attached hydrogens (tertiary/aromatic N) is 1. The van der Waals surface area contributed by atoms with Gasteiger partial charge in [-0.2, -0.15) is 0 Å². The molecule has 18 heavy (non-hydrogen) atoms. The van der Waals surface area contributed by atoms with Gasteiger partial charge < -0.3 is 9.47 Å². The zero-order chi connectivity index (χ0) is 12.4. The van der Waals surface area contributed by atoms with Crippen LogP contribution in [0.1, 0.15) is 11.5 Å². The number of para-hydroxylation sites is 1. The van der Waals surface area contributed by atoms with Crippen LogP contribution < -0.4 is 4.74 Å². The molecule has 0 N–H and O–H groups in total. The van der Waals surface area contributed by atoms with Crippen molar-refractivity contribution in [3.8, 4) is 5.75 Å².